The van der Waals surface area contributed by atoms with Crippen molar-refractivity contribution in [3.8, 4) is 5.75 Å². The van der Waals surface area contributed by atoms with Crippen LogP contribution in [0.15, 0.2) is 35.2 Å². The van der Waals surface area contributed by atoms with E-state index in [1.807, 2.05) is 19.1 Å². The van der Waals surface area contributed by atoms with Crippen LogP contribution in [0.5, 0.6) is 5.75 Å². The van der Waals surface area contributed by atoms with Gasteiger partial charge in [-0.15, -0.1) is 11.8 Å². The summed E-state index contributed by atoms with van der Waals surface area (Å²) < 4.78 is 18.3. The molecule has 1 aromatic heterocycles. The highest BCUT2D eigenvalue weighted by molar-refractivity contribution is 7.98. The van der Waals surface area contributed by atoms with Gasteiger partial charge < -0.3 is 10.5 Å². The number of anilines is 1. The van der Waals surface area contributed by atoms with Crippen molar-refractivity contribution >= 4 is 17.4 Å². The molecule has 2 rings (SSSR count). The van der Waals surface area contributed by atoms with E-state index in [9.17, 15) is 4.39 Å². The summed E-state index contributed by atoms with van der Waals surface area (Å²) in [4.78, 5) is 5.14. The van der Waals surface area contributed by atoms with Gasteiger partial charge in [-0.2, -0.15) is 0 Å². The maximum atomic E-state index is 13.2. The van der Waals surface area contributed by atoms with Gasteiger partial charge >= 0.3 is 0 Å². The predicted molar refractivity (Wildman–Crippen MR) is 75.9 cm³/mol. The summed E-state index contributed by atoms with van der Waals surface area (Å²) in [6, 6.07) is 8.10. The van der Waals surface area contributed by atoms with Crippen LogP contribution >= 0.6 is 11.8 Å². The van der Waals surface area contributed by atoms with Gasteiger partial charge in [0.1, 0.15) is 11.6 Å². The minimum atomic E-state index is -0.286. The zero-order chi connectivity index (χ0) is 13.8. The lowest BCUT2D eigenvalue weighted by Crippen LogP contribution is -1.94. The van der Waals surface area contributed by atoms with Gasteiger partial charge in [-0.1, -0.05) is 0 Å². The summed E-state index contributed by atoms with van der Waals surface area (Å²) in [5.41, 5.74) is 8.15. The molecule has 0 aliphatic heterocycles. The van der Waals surface area contributed by atoms with E-state index < -0.39 is 0 Å². The summed E-state index contributed by atoms with van der Waals surface area (Å²) in [5, 5.41) is 0. The number of hydrogen-bond acceptors (Lipinski definition) is 4. The van der Waals surface area contributed by atoms with Crippen LogP contribution in [0.4, 0.5) is 10.1 Å². The molecule has 0 saturated carbocycles. The van der Waals surface area contributed by atoms with Gasteiger partial charge in [0.05, 0.1) is 12.8 Å². The number of rotatable bonds is 4. The number of nitrogen functional groups attached to an aromatic ring is 1. The average molecular weight is 278 g/mol. The minimum Gasteiger partial charge on any atom is -0.497 e. The molecule has 0 aliphatic carbocycles. The van der Waals surface area contributed by atoms with Crippen molar-refractivity contribution in [2.24, 2.45) is 0 Å². The summed E-state index contributed by atoms with van der Waals surface area (Å²) in [7, 11) is 1.62. The molecule has 2 aromatic rings. The first kappa shape index (κ1) is 13.7. The zero-order valence-corrected chi connectivity index (χ0v) is 11.6. The molecule has 2 N–H and O–H groups in total. The molecule has 1 heterocycles. The quantitative estimate of drug-likeness (QED) is 0.687. The van der Waals surface area contributed by atoms with Crippen molar-refractivity contribution in [1.29, 1.82) is 0 Å². The maximum absolute atomic E-state index is 13.2. The van der Waals surface area contributed by atoms with Gasteiger partial charge in [-0.25, -0.2) is 4.39 Å². The van der Waals surface area contributed by atoms with Gasteiger partial charge in [0, 0.05) is 34.2 Å². The smallest absolute Gasteiger partial charge is 0.124 e. The highest BCUT2D eigenvalue weighted by atomic mass is 32.2. The van der Waals surface area contributed by atoms with Crippen LogP contribution in [-0.2, 0) is 5.75 Å². The number of hydrogen-bond donors (Lipinski definition) is 1. The van der Waals surface area contributed by atoms with Gasteiger partial charge in [0.15, 0.2) is 0 Å². The van der Waals surface area contributed by atoms with Crippen LogP contribution in [-0.4, -0.2) is 12.1 Å². The maximum Gasteiger partial charge on any atom is 0.124 e. The third-order valence-electron chi connectivity index (χ3n) is 2.57. The van der Waals surface area contributed by atoms with Gasteiger partial charge in [0.2, 0.25) is 0 Å². The molecule has 5 heteroatoms. The Morgan fingerprint density at radius 3 is 2.84 bits per heavy atom. The molecule has 3 nitrogen and oxygen atoms in total. The van der Waals surface area contributed by atoms with Crippen LogP contribution in [0.2, 0.25) is 0 Å². The number of ether oxygens (including phenoxy) is 1. The number of thioether (sulfide) groups is 1. The Labute approximate surface area is 116 Å². The number of benzene rings is 1. The van der Waals surface area contributed by atoms with E-state index in [2.05, 4.69) is 4.98 Å². The molecule has 1 aromatic carbocycles. The van der Waals surface area contributed by atoms with Crippen molar-refractivity contribution in [2.75, 3.05) is 12.8 Å². The highest BCUT2D eigenvalue weighted by Gasteiger charge is 2.05. The Balaban J connectivity index is 2.14. The van der Waals surface area contributed by atoms with Crippen molar-refractivity contribution in [2.45, 2.75) is 17.6 Å². The number of nitrogens with two attached hydrogens (primary N) is 1. The number of nitrogens with zero attached hydrogens (tertiary/aromatic N) is 1. The van der Waals surface area contributed by atoms with Gasteiger partial charge in [-0.05, 0) is 25.1 Å². The number of aryl methyl sites for hydroxylation is 1. The second kappa shape index (κ2) is 5.93. The van der Waals surface area contributed by atoms with Crippen LogP contribution in [0.3, 0.4) is 0 Å². The first-order valence-electron chi connectivity index (χ1n) is 5.78. The summed E-state index contributed by atoms with van der Waals surface area (Å²) in [5.74, 6) is 1.10. The van der Waals surface area contributed by atoms with E-state index in [4.69, 9.17) is 10.5 Å². The van der Waals surface area contributed by atoms with Gasteiger partial charge in [-0.3, -0.25) is 4.98 Å². The van der Waals surface area contributed by atoms with Crippen molar-refractivity contribution in [3.05, 3.63) is 47.5 Å². The van der Waals surface area contributed by atoms with E-state index in [0.717, 1.165) is 22.0 Å². The molecule has 0 bridgehead atoms. The molecule has 19 heavy (non-hydrogen) atoms. The number of aromatic nitrogens is 1. The molecular formula is C14H15FN2OS. The standard InChI is InChI=1S/C14H15FN2OS/c1-9-5-12(18-2)7-11(17-9)8-19-14-6-10(15)3-4-13(14)16/h3-7H,8,16H2,1-2H3. The highest BCUT2D eigenvalue weighted by Crippen LogP contribution is 2.29. The fourth-order valence-corrected chi connectivity index (χ4v) is 2.56. The van der Waals surface area contributed by atoms with E-state index in [1.54, 1.807) is 13.2 Å². The minimum absolute atomic E-state index is 0.286. The summed E-state index contributed by atoms with van der Waals surface area (Å²) in [6.07, 6.45) is 0. The predicted octanol–water partition coefficient (Wildman–Crippen LogP) is 3.41. The first-order chi connectivity index (χ1) is 9.08. The lowest BCUT2D eigenvalue weighted by molar-refractivity contribution is 0.413. The van der Waals surface area contributed by atoms with Crippen LogP contribution < -0.4 is 10.5 Å². The number of pyridine rings is 1. The molecule has 0 amide bonds. The molecule has 0 fully saturated rings. The topological polar surface area (TPSA) is 48.1 Å². The van der Waals surface area contributed by atoms with Crippen LogP contribution in [0.25, 0.3) is 0 Å². The lowest BCUT2D eigenvalue weighted by Gasteiger charge is -2.07. The Bertz CT molecular complexity index is 590. The molecule has 0 unspecified atom stereocenters. The van der Waals surface area contributed by atoms with E-state index in [0.29, 0.717) is 11.4 Å². The molecule has 0 radical (unpaired) electrons. The van der Waals surface area contributed by atoms with Crippen molar-refractivity contribution in [3.63, 3.8) is 0 Å². The zero-order valence-electron chi connectivity index (χ0n) is 10.8. The molecule has 0 atom stereocenters. The fraction of sp³-hybridized carbons (Fsp3) is 0.214. The Morgan fingerprint density at radius 2 is 2.11 bits per heavy atom. The molecule has 0 saturated heterocycles. The van der Waals surface area contributed by atoms with E-state index in [-0.39, 0.29) is 5.82 Å². The van der Waals surface area contributed by atoms with Crippen molar-refractivity contribution < 1.29 is 9.13 Å². The summed E-state index contributed by atoms with van der Waals surface area (Å²) >= 11 is 1.46. The summed E-state index contributed by atoms with van der Waals surface area (Å²) in [6.45, 7) is 1.91. The Kier molecular flexibility index (Phi) is 4.27. The molecule has 0 aliphatic rings. The third-order valence-corrected chi connectivity index (χ3v) is 3.67. The van der Waals surface area contributed by atoms with Crippen molar-refractivity contribution in [1.82, 2.24) is 4.98 Å². The second-order valence-corrected chi connectivity index (χ2v) is 5.13. The Hall–Kier alpha value is -1.75. The fourth-order valence-electron chi connectivity index (χ4n) is 1.68. The monoisotopic (exact) mass is 278 g/mol. The lowest BCUT2D eigenvalue weighted by atomic mass is 10.3. The largest absolute Gasteiger partial charge is 0.497 e. The normalized spacial score (nSPS) is 10.5. The second-order valence-electron chi connectivity index (χ2n) is 4.11. The van der Waals surface area contributed by atoms with E-state index >= 15 is 0 Å². The average Bonchev–Trinajstić information content (AvgIpc) is 2.39. The molecule has 100 valence electrons. The van der Waals surface area contributed by atoms with Gasteiger partial charge in [0.25, 0.3) is 0 Å². The third kappa shape index (κ3) is 3.61. The SMILES string of the molecule is COc1cc(C)nc(CSc2cc(F)ccc2N)c1. The van der Waals surface area contributed by atoms with E-state index in [1.165, 1.54) is 23.9 Å². The van der Waals surface area contributed by atoms with Crippen LogP contribution in [0, 0.1) is 12.7 Å². The van der Waals surface area contributed by atoms with Crippen LogP contribution in [0.1, 0.15) is 11.4 Å². The number of methoxy groups -OCH3 is 1. The molecule has 0 spiro atoms. The first-order valence-corrected chi connectivity index (χ1v) is 6.76. The molecular weight excluding hydrogens is 263 g/mol. The number of halogens is 1. The Morgan fingerprint density at radius 1 is 1.32 bits per heavy atom.